The Morgan fingerprint density at radius 1 is 1.44 bits per heavy atom. The van der Waals surface area contributed by atoms with Crippen LogP contribution in [0.4, 0.5) is 0 Å². The van der Waals surface area contributed by atoms with Gasteiger partial charge in [-0.2, -0.15) is 0 Å². The number of nitrogens with one attached hydrogen (secondary N) is 1. The number of aryl methyl sites for hydroxylation is 1. The van der Waals surface area contributed by atoms with Crippen LogP contribution in [-0.4, -0.2) is 23.5 Å². The monoisotopic (exact) mass is 243 g/mol. The summed E-state index contributed by atoms with van der Waals surface area (Å²) in [6, 6.07) is 6.14. The molecule has 1 aliphatic rings. The number of rotatable bonds is 2. The third kappa shape index (κ3) is 1.75. The van der Waals surface area contributed by atoms with Crippen molar-refractivity contribution in [3.05, 3.63) is 35.5 Å². The third-order valence-electron chi connectivity index (χ3n) is 3.82. The molecule has 3 heteroatoms. The van der Waals surface area contributed by atoms with Crippen molar-refractivity contribution >= 4 is 16.7 Å². The lowest BCUT2D eigenvalue weighted by atomic mass is 9.92. The van der Waals surface area contributed by atoms with Crippen molar-refractivity contribution in [2.75, 3.05) is 6.61 Å². The number of hydrogen-bond donors (Lipinski definition) is 1. The Hall–Kier alpha value is -1.61. The summed E-state index contributed by atoms with van der Waals surface area (Å²) in [6.45, 7) is 4.72. The van der Waals surface area contributed by atoms with Crippen LogP contribution >= 0.6 is 0 Å². The number of H-pyrrole nitrogens is 1. The van der Waals surface area contributed by atoms with Crippen molar-refractivity contribution in [2.24, 2.45) is 5.92 Å². The van der Waals surface area contributed by atoms with Gasteiger partial charge in [-0.25, -0.2) is 0 Å². The maximum atomic E-state index is 12.5. The molecule has 0 bridgehead atoms. The molecule has 0 amide bonds. The van der Waals surface area contributed by atoms with E-state index in [-0.39, 0.29) is 17.8 Å². The summed E-state index contributed by atoms with van der Waals surface area (Å²) >= 11 is 0. The first-order chi connectivity index (χ1) is 8.66. The second kappa shape index (κ2) is 4.25. The van der Waals surface area contributed by atoms with E-state index >= 15 is 0 Å². The van der Waals surface area contributed by atoms with Crippen LogP contribution in [0.25, 0.3) is 10.9 Å². The summed E-state index contributed by atoms with van der Waals surface area (Å²) in [5.41, 5.74) is 3.03. The van der Waals surface area contributed by atoms with Gasteiger partial charge in [-0.05, 0) is 31.9 Å². The van der Waals surface area contributed by atoms with Gasteiger partial charge < -0.3 is 9.72 Å². The maximum Gasteiger partial charge on any atom is 0.170 e. The van der Waals surface area contributed by atoms with Gasteiger partial charge in [0.1, 0.15) is 0 Å². The Labute approximate surface area is 106 Å². The Kier molecular flexibility index (Phi) is 2.71. The first kappa shape index (κ1) is 11.5. The molecule has 0 aliphatic carbocycles. The lowest BCUT2D eigenvalue weighted by molar-refractivity contribution is 0.0766. The van der Waals surface area contributed by atoms with Gasteiger partial charge in [0.15, 0.2) is 5.78 Å². The van der Waals surface area contributed by atoms with E-state index in [1.165, 1.54) is 5.56 Å². The van der Waals surface area contributed by atoms with Gasteiger partial charge in [-0.3, -0.25) is 4.79 Å². The number of benzene rings is 1. The number of fused-ring (bicyclic) bond motifs is 1. The van der Waals surface area contributed by atoms with Gasteiger partial charge in [-0.15, -0.1) is 0 Å². The lowest BCUT2D eigenvalue weighted by Gasteiger charge is -2.11. The number of aromatic amines is 1. The van der Waals surface area contributed by atoms with E-state index in [0.717, 1.165) is 22.9 Å². The summed E-state index contributed by atoms with van der Waals surface area (Å²) in [6.07, 6.45) is 2.70. The molecular formula is C15H17NO2. The number of Topliss-reactive ketones (excluding diaryl/α,β-unsaturated/α-hetero) is 1. The van der Waals surface area contributed by atoms with Gasteiger partial charge in [0.05, 0.1) is 12.0 Å². The Morgan fingerprint density at radius 2 is 2.28 bits per heavy atom. The van der Waals surface area contributed by atoms with Crippen molar-refractivity contribution in [3.63, 3.8) is 0 Å². The van der Waals surface area contributed by atoms with Crippen LogP contribution in [0.5, 0.6) is 0 Å². The van der Waals surface area contributed by atoms with E-state index < -0.39 is 0 Å². The predicted octanol–water partition coefficient (Wildman–Crippen LogP) is 3.08. The molecule has 18 heavy (non-hydrogen) atoms. The molecule has 0 radical (unpaired) electrons. The van der Waals surface area contributed by atoms with Crippen LogP contribution in [0, 0.1) is 12.8 Å². The van der Waals surface area contributed by atoms with Crippen LogP contribution in [0.3, 0.4) is 0 Å². The smallest absolute Gasteiger partial charge is 0.170 e. The third-order valence-corrected chi connectivity index (χ3v) is 3.82. The van der Waals surface area contributed by atoms with Crippen LogP contribution in [0.1, 0.15) is 29.3 Å². The minimum absolute atomic E-state index is 0.00491. The largest absolute Gasteiger partial charge is 0.378 e. The van der Waals surface area contributed by atoms with E-state index in [0.29, 0.717) is 6.61 Å². The second-order valence-electron chi connectivity index (χ2n) is 5.09. The SMILES string of the molecule is Cc1ccc2c(C(=O)C3CCOC3C)c[nH]c2c1. The van der Waals surface area contributed by atoms with Gasteiger partial charge >= 0.3 is 0 Å². The molecule has 1 N–H and O–H groups in total. The fraction of sp³-hybridized carbons (Fsp3) is 0.400. The molecule has 2 atom stereocenters. The van der Waals surface area contributed by atoms with Crippen LogP contribution in [0.15, 0.2) is 24.4 Å². The number of ketones is 1. The highest BCUT2D eigenvalue weighted by Crippen LogP contribution is 2.28. The van der Waals surface area contributed by atoms with E-state index in [2.05, 4.69) is 18.0 Å². The summed E-state index contributed by atoms with van der Waals surface area (Å²) in [7, 11) is 0. The van der Waals surface area contributed by atoms with Crippen LogP contribution in [-0.2, 0) is 4.74 Å². The van der Waals surface area contributed by atoms with Crippen molar-refractivity contribution in [3.8, 4) is 0 Å². The van der Waals surface area contributed by atoms with Crippen LogP contribution < -0.4 is 0 Å². The molecule has 94 valence electrons. The first-order valence-electron chi connectivity index (χ1n) is 6.40. The topological polar surface area (TPSA) is 42.1 Å². The summed E-state index contributed by atoms with van der Waals surface area (Å²) < 4.78 is 5.48. The fourth-order valence-electron chi connectivity index (χ4n) is 2.72. The van der Waals surface area contributed by atoms with E-state index in [1.807, 2.05) is 25.3 Å². The van der Waals surface area contributed by atoms with E-state index in [1.54, 1.807) is 0 Å². The molecule has 1 fully saturated rings. The highest BCUT2D eigenvalue weighted by Gasteiger charge is 2.32. The number of carbonyl (C=O) groups excluding carboxylic acids is 1. The van der Waals surface area contributed by atoms with Gasteiger partial charge in [0.2, 0.25) is 0 Å². The standard InChI is InChI=1S/C15H17NO2/c1-9-3-4-12-13(8-16-14(12)7-9)15(17)11-5-6-18-10(11)2/h3-4,7-8,10-11,16H,5-6H2,1-2H3. The number of ether oxygens (including phenoxy) is 1. The van der Waals surface area contributed by atoms with E-state index in [4.69, 9.17) is 4.74 Å². The summed E-state index contributed by atoms with van der Waals surface area (Å²) in [5.74, 6) is 0.209. The molecule has 3 rings (SSSR count). The molecule has 0 spiro atoms. The lowest BCUT2D eigenvalue weighted by Crippen LogP contribution is -2.21. The van der Waals surface area contributed by atoms with Crippen molar-refractivity contribution < 1.29 is 9.53 Å². The average Bonchev–Trinajstić information content (AvgIpc) is 2.94. The quantitative estimate of drug-likeness (QED) is 0.823. The predicted molar refractivity (Wildman–Crippen MR) is 70.9 cm³/mol. The Balaban J connectivity index is 2.01. The highest BCUT2D eigenvalue weighted by molar-refractivity contribution is 6.09. The minimum Gasteiger partial charge on any atom is -0.378 e. The minimum atomic E-state index is 0.00491. The van der Waals surface area contributed by atoms with Crippen molar-refractivity contribution in [2.45, 2.75) is 26.4 Å². The van der Waals surface area contributed by atoms with E-state index in [9.17, 15) is 4.79 Å². The van der Waals surface area contributed by atoms with Gasteiger partial charge in [0, 0.05) is 29.3 Å². The zero-order valence-corrected chi connectivity index (χ0v) is 10.7. The normalized spacial score (nSPS) is 23.7. The number of hydrogen-bond acceptors (Lipinski definition) is 2. The molecule has 1 aromatic heterocycles. The highest BCUT2D eigenvalue weighted by atomic mass is 16.5. The Bertz CT molecular complexity index is 600. The molecule has 2 unspecified atom stereocenters. The van der Waals surface area contributed by atoms with Crippen LogP contribution in [0.2, 0.25) is 0 Å². The molecule has 2 heterocycles. The first-order valence-corrected chi connectivity index (χ1v) is 6.40. The molecule has 1 saturated heterocycles. The summed E-state index contributed by atoms with van der Waals surface area (Å²) in [4.78, 5) is 15.7. The van der Waals surface area contributed by atoms with Gasteiger partial charge in [0.25, 0.3) is 0 Å². The molecular weight excluding hydrogens is 226 g/mol. The number of carbonyl (C=O) groups is 1. The fourth-order valence-corrected chi connectivity index (χ4v) is 2.72. The molecule has 1 aromatic carbocycles. The maximum absolute atomic E-state index is 12.5. The summed E-state index contributed by atoms with van der Waals surface area (Å²) in [5, 5.41) is 1.02. The average molecular weight is 243 g/mol. The zero-order chi connectivity index (χ0) is 12.7. The van der Waals surface area contributed by atoms with Crippen molar-refractivity contribution in [1.29, 1.82) is 0 Å². The molecule has 0 saturated carbocycles. The van der Waals surface area contributed by atoms with Gasteiger partial charge in [-0.1, -0.05) is 12.1 Å². The molecule has 2 aromatic rings. The number of aromatic nitrogens is 1. The zero-order valence-electron chi connectivity index (χ0n) is 10.7. The van der Waals surface area contributed by atoms with Crippen molar-refractivity contribution in [1.82, 2.24) is 4.98 Å². The molecule has 1 aliphatic heterocycles. The second-order valence-corrected chi connectivity index (χ2v) is 5.09. The molecule has 3 nitrogen and oxygen atoms in total. The Morgan fingerprint density at radius 3 is 3.00 bits per heavy atom.